The molecule has 3 aromatic rings. The van der Waals surface area contributed by atoms with Crippen molar-refractivity contribution in [2.45, 2.75) is 13.8 Å². The lowest BCUT2D eigenvalue weighted by Gasteiger charge is -2.05. The standard InChI is InChI=1S/C19H15ClO3/c1-12-3-8-16(11-13(12)2)22-19(21)18-10-9-17(23-18)14-4-6-15(20)7-5-14/h3-11H,1-2H3. The number of halogens is 1. The van der Waals surface area contributed by atoms with E-state index in [0.29, 0.717) is 16.5 Å². The molecule has 0 aliphatic rings. The molecule has 23 heavy (non-hydrogen) atoms. The van der Waals surface area contributed by atoms with Crippen molar-refractivity contribution in [3.63, 3.8) is 0 Å². The third kappa shape index (κ3) is 3.46. The Hall–Kier alpha value is -2.52. The zero-order chi connectivity index (χ0) is 16.4. The summed E-state index contributed by atoms with van der Waals surface area (Å²) >= 11 is 5.86. The Kier molecular flexibility index (Phi) is 4.22. The highest BCUT2D eigenvalue weighted by molar-refractivity contribution is 6.30. The highest BCUT2D eigenvalue weighted by atomic mass is 35.5. The Balaban J connectivity index is 1.78. The van der Waals surface area contributed by atoms with Crippen molar-refractivity contribution in [1.82, 2.24) is 0 Å². The second-order valence-electron chi connectivity index (χ2n) is 5.31. The van der Waals surface area contributed by atoms with Gasteiger partial charge in [0.2, 0.25) is 5.76 Å². The van der Waals surface area contributed by atoms with Crippen molar-refractivity contribution in [2.24, 2.45) is 0 Å². The normalized spacial score (nSPS) is 10.6. The zero-order valence-electron chi connectivity index (χ0n) is 12.8. The predicted molar refractivity (Wildman–Crippen MR) is 90.0 cm³/mol. The molecule has 0 atom stereocenters. The number of furan rings is 1. The molecule has 3 rings (SSSR count). The molecule has 0 saturated heterocycles. The highest BCUT2D eigenvalue weighted by Gasteiger charge is 2.15. The van der Waals surface area contributed by atoms with Gasteiger partial charge in [-0.05, 0) is 73.5 Å². The minimum absolute atomic E-state index is 0.160. The Morgan fingerprint density at radius 3 is 2.39 bits per heavy atom. The molecule has 0 aliphatic carbocycles. The number of esters is 1. The fraction of sp³-hybridized carbons (Fsp3) is 0.105. The van der Waals surface area contributed by atoms with Crippen LogP contribution < -0.4 is 4.74 Å². The van der Waals surface area contributed by atoms with E-state index in [1.54, 1.807) is 30.3 Å². The summed E-state index contributed by atoms with van der Waals surface area (Å²) in [6.07, 6.45) is 0. The first-order valence-electron chi connectivity index (χ1n) is 7.18. The Morgan fingerprint density at radius 2 is 1.70 bits per heavy atom. The van der Waals surface area contributed by atoms with Gasteiger partial charge in [0.15, 0.2) is 0 Å². The van der Waals surface area contributed by atoms with E-state index >= 15 is 0 Å². The van der Waals surface area contributed by atoms with E-state index in [0.717, 1.165) is 16.7 Å². The van der Waals surface area contributed by atoms with Gasteiger partial charge < -0.3 is 9.15 Å². The SMILES string of the molecule is Cc1ccc(OC(=O)c2ccc(-c3ccc(Cl)cc3)o2)cc1C. The summed E-state index contributed by atoms with van der Waals surface area (Å²) in [6, 6.07) is 16.1. The molecule has 0 amide bonds. The quantitative estimate of drug-likeness (QED) is 0.475. The molecule has 0 saturated carbocycles. The lowest BCUT2D eigenvalue weighted by molar-refractivity contribution is 0.0702. The van der Waals surface area contributed by atoms with Gasteiger partial charge in [-0.1, -0.05) is 17.7 Å². The van der Waals surface area contributed by atoms with E-state index in [-0.39, 0.29) is 5.76 Å². The summed E-state index contributed by atoms with van der Waals surface area (Å²) in [6.45, 7) is 3.98. The Bertz CT molecular complexity index is 847. The molecule has 0 bridgehead atoms. The Labute approximate surface area is 139 Å². The van der Waals surface area contributed by atoms with Crippen molar-refractivity contribution in [3.05, 3.63) is 76.5 Å². The van der Waals surface area contributed by atoms with E-state index in [4.69, 9.17) is 20.8 Å². The van der Waals surface area contributed by atoms with Gasteiger partial charge in [-0.2, -0.15) is 0 Å². The maximum atomic E-state index is 12.2. The first-order valence-corrected chi connectivity index (χ1v) is 7.56. The van der Waals surface area contributed by atoms with E-state index in [9.17, 15) is 4.79 Å². The molecule has 1 aromatic heterocycles. The van der Waals surface area contributed by atoms with Crippen LogP contribution in [0.2, 0.25) is 5.02 Å². The van der Waals surface area contributed by atoms with Gasteiger partial charge in [-0.3, -0.25) is 0 Å². The number of carbonyl (C=O) groups is 1. The molecule has 0 radical (unpaired) electrons. The molecule has 1 heterocycles. The summed E-state index contributed by atoms with van der Waals surface area (Å²) < 4.78 is 10.9. The summed E-state index contributed by atoms with van der Waals surface area (Å²) in [4.78, 5) is 12.2. The average molecular weight is 327 g/mol. The molecule has 116 valence electrons. The van der Waals surface area contributed by atoms with E-state index in [1.165, 1.54) is 0 Å². The van der Waals surface area contributed by atoms with E-state index < -0.39 is 5.97 Å². The van der Waals surface area contributed by atoms with Gasteiger partial charge in [0.25, 0.3) is 0 Å². The maximum absolute atomic E-state index is 12.2. The van der Waals surface area contributed by atoms with E-state index in [2.05, 4.69) is 0 Å². The van der Waals surface area contributed by atoms with Crippen molar-refractivity contribution in [3.8, 4) is 17.1 Å². The van der Waals surface area contributed by atoms with Crippen LogP contribution in [0.3, 0.4) is 0 Å². The van der Waals surface area contributed by atoms with Crippen LogP contribution in [0.1, 0.15) is 21.7 Å². The average Bonchev–Trinajstić information content (AvgIpc) is 3.02. The number of carbonyl (C=O) groups excluding carboxylic acids is 1. The lowest BCUT2D eigenvalue weighted by atomic mass is 10.1. The Morgan fingerprint density at radius 1 is 0.957 bits per heavy atom. The van der Waals surface area contributed by atoms with Gasteiger partial charge in [0.05, 0.1) is 0 Å². The molecule has 3 nitrogen and oxygen atoms in total. The third-order valence-corrected chi connectivity index (χ3v) is 3.88. The molecular formula is C19H15ClO3. The van der Waals surface area contributed by atoms with Gasteiger partial charge in [0.1, 0.15) is 11.5 Å². The molecule has 2 aromatic carbocycles. The molecule has 4 heteroatoms. The van der Waals surface area contributed by atoms with Crippen LogP contribution in [0.4, 0.5) is 0 Å². The monoisotopic (exact) mass is 326 g/mol. The number of aryl methyl sites for hydroxylation is 2. The molecule has 0 N–H and O–H groups in total. The zero-order valence-corrected chi connectivity index (χ0v) is 13.6. The minimum Gasteiger partial charge on any atom is -0.449 e. The van der Waals surface area contributed by atoms with E-state index in [1.807, 2.05) is 38.1 Å². The van der Waals surface area contributed by atoms with Crippen LogP contribution in [-0.4, -0.2) is 5.97 Å². The van der Waals surface area contributed by atoms with Crippen molar-refractivity contribution < 1.29 is 13.9 Å². The first kappa shape index (κ1) is 15.4. The largest absolute Gasteiger partial charge is 0.449 e. The number of hydrogen-bond donors (Lipinski definition) is 0. The van der Waals surface area contributed by atoms with Crippen LogP contribution in [0.25, 0.3) is 11.3 Å². The van der Waals surface area contributed by atoms with Crippen LogP contribution in [0.15, 0.2) is 59.0 Å². The van der Waals surface area contributed by atoms with Gasteiger partial charge in [0, 0.05) is 10.6 Å². The van der Waals surface area contributed by atoms with Gasteiger partial charge in [-0.25, -0.2) is 4.79 Å². The summed E-state index contributed by atoms with van der Waals surface area (Å²) in [5.41, 5.74) is 3.06. The number of rotatable bonds is 3. The first-order chi connectivity index (χ1) is 11.0. The second-order valence-corrected chi connectivity index (χ2v) is 5.74. The fourth-order valence-electron chi connectivity index (χ4n) is 2.15. The number of benzene rings is 2. The maximum Gasteiger partial charge on any atom is 0.379 e. The predicted octanol–water partition coefficient (Wildman–Crippen LogP) is 5.44. The summed E-state index contributed by atoms with van der Waals surface area (Å²) in [5, 5.41) is 0.648. The molecule has 0 unspecified atom stereocenters. The lowest BCUT2D eigenvalue weighted by Crippen LogP contribution is -2.07. The third-order valence-electron chi connectivity index (χ3n) is 3.62. The fourth-order valence-corrected chi connectivity index (χ4v) is 2.28. The number of ether oxygens (including phenoxy) is 1. The number of hydrogen-bond acceptors (Lipinski definition) is 3. The van der Waals surface area contributed by atoms with Crippen LogP contribution in [-0.2, 0) is 0 Å². The van der Waals surface area contributed by atoms with Crippen LogP contribution in [0.5, 0.6) is 5.75 Å². The molecule has 0 spiro atoms. The van der Waals surface area contributed by atoms with Crippen molar-refractivity contribution in [2.75, 3.05) is 0 Å². The second kappa shape index (κ2) is 6.31. The molecular weight excluding hydrogens is 312 g/mol. The summed E-state index contributed by atoms with van der Waals surface area (Å²) in [5.74, 6) is 0.734. The van der Waals surface area contributed by atoms with Crippen LogP contribution in [0, 0.1) is 13.8 Å². The summed E-state index contributed by atoms with van der Waals surface area (Å²) in [7, 11) is 0. The highest BCUT2D eigenvalue weighted by Crippen LogP contribution is 2.25. The molecule has 0 aliphatic heterocycles. The van der Waals surface area contributed by atoms with Crippen molar-refractivity contribution in [1.29, 1.82) is 0 Å². The smallest absolute Gasteiger partial charge is 0.379 e. The van der Waals surface area contributed by atoms with Gasteiger partial charge in [-0.15, -0.1) is 0 Å². The van der Waals surface area contributed by atoms with Gasteiger partial charge >= 0.3 is 5.97 Å². The molecule has 0 fully saturated rings. The minimum atomic E-state index is -0.520. The van der Waals surface area contributed by atoms with Crippen molar-refractivity contribution >= 4 is 17.6 Å². The topological polar surface area (TPSA) is 39.4 Å². The van der Waals surface area contributed by atoms with Crippen LogP contribution >= 0.6 is 11.6 Å².